The number of carbonyl (C=O) groups is 4. The molecule has 96 heavy (non-hydrogen) atoms. The molecule has 17 N–H and O–H groups in total. The fourth-order valence-corrected chi connectivity index (χ4v) is 12.8. The first-order valence-electron chi connectivity index (χ1n) is 35.6. The molecule has 0 aromatic rings. The van der Waals surface area contributed by atoms with Crippen molar-refractivity contribution in [1.82, 2.24) is 16.0 Å². The Labute approximate surface area is 565 Å². The number of aliphatic carboxylic acids is 1. The van der Waals surface area contributed by atoms with Crippen LogP contribution in [0.2, 0.25) is 0 Å². The standard InChI is InChI=1S/C67H121N3O26/c1-5-7-9-11-13-15-17-19-20-22-24-26-28-30-32-34-50(80)70-43(44(77)33-31-29-27-25-23-21-18-16-14-12-10-8-6-2)40-89-64-57(85)56(84)59(48(38-73)91-64)93-65-58(86)62(60(49(39-74)92-65)94-63-52(69-42(4)76)55(83)54(82)47(37-72)90-63)96-67(66(87)88)35-45(78)51(68-41(3)75)61(95-67)53(81)46(79)36-71/h31,33,43-49,51-65,71-74,77-79,81-86H,5-30,32,34-40H2,1-4H3,(H,68,75)(H,69,76)(H,70,80)(H,87,88)/b33-31+/t43-,44+,45?,46+,47?,48?,49?,51+,52?,53?,54-,55+,56+,57?,58?,59+,60-,61?,62+,63-,64+,65-,67-/m0/s1. The zero-order chi connectivity index (χ0) is 70.7. The van der Waals surface area contributed by atoms with Crippen LogP contribution in [0.5, 0.6) is 0 Å². The third kappa shape index (κ3) is 27.6. The minimum atomic E-state index is -3.28. The van der Waals surface area contributed by atoms with Gasteiger partial charge in [-0.2, -0.15) is 0 Å². The lowest BCUT2D eigenvalue weighted by atomic mass is 9.88. The van der Waals surface area contributed by atoms with Crippen molar-refractivity contribution in [1.29, 1.82) is 0 Å². The maximum atomic E-state index is 13.6. The summed E-state index contributed by atoms with van der Waals surface area (Å²) in [5.74, 6) is -7.36. The summed E-state index contributed by atoms with van der Waals surface area (Å²) < 4.78 is 47.9. The highest BCUT2D eigenvalue weighted by atomic mass is 16.8. The van der Waals surface area contributed by atoms with Gasteiger partial charge < -0.3 is 125 Å². The third-order valence-electron chi connectivity index (χ3n) is 18.5. The number of carbonyl (C=O) groups excluding carboxylic acids is 3. The minimum absolute atomic E-state index is 0.162. The molecular formula is C67H121N3O26. The van der Waals surface area contributed by atoms with Crippen molar-refractivity contribution in [2.24, 2.45) is 0 Å². The van der Waals surface area contributed by atoms with Crippen LogP contribution in [0.4, 0.5) is 0 Å². The Morgan fingerprint density at radius 3 is 1.51 bits per heavy atom. The largest absolute Gasteiger partial charge is 0.477 e. The Morgan fingerprint density at radius 1 is 0.542 bits per heavy atom. The number of ether oxygens (including phenoxy) is 8. The first kappa shape index (κ1) is 85.2. The summed E-state index contributed by atoms with van der Waals surface area (Å²) in [6, 6.07) is -4.52. The number of unbranched alkanes of at least 4 members (excludes halogenated alkanes) is 25. The number of amides is 3. The minimum Gasteiger partial charge on any atom is -0.477 e. The maximum Gasteiger partial charge on any atom is 0.364 e. The highest BCUT2D eigenvalue weighted by Gasteiger charge is 2.61. The molecule has 4 heterocycles. The molecule has 4 saturated heterocycles. The van der Waals surface area contributed by atoms with Gasteiger partial charge in [-0.15, -0.1) is 0 Å². The average molecular weight is 1380 g/mol. The van der Waals surface area contributed by atoms with Crippen molar-refractivity contribution in [2.75, 3.05) is 33.0 Å². The Bertz CT molecular complexity index is 2180. The van der Waals surface area contributed by atoms with Gasteiger partial charge >= 0.3 is 5.97 Å². The molecule has 0 aromatic carbocycles. The van der Waals surface area contributed by atoms with Gasteiger partial charge in [-0.1, -0.05) is 180 Å². The number of hydrogen-bond donors (Lipinski definition) is 17. The van der Waals surface area contributed by atoms with E-state index in [1.807, 2.05) is 6.08 Å². The predicted octanol–water partition coefficient (Wildman–Crippen LogP) is 1.13. The second-order valence-corrected chi connectivity index (χ2v) is 26.5. The number of carboxylic acids is 1. The first-order chi connectivity index (χ1) is 46.0. The van der Waals surface area contributed by atoms with E-state index in [2.05, 4.69) is 29.8 Å². The highest BCUT2D eigenvalue weighted by molar-refractivity contribution is 5.77. The predicted molar refractivity (Wildman–Crippen MR) is 346 cm³/mol. The van der Waals surface area contributed by atoms with E-state index in [0.717, 1.165) is 65.2 Å². The number of hydrogen-bond acceptors (Lipinski definition) is 25. The Kier molecular flexibility index (Phi) is 41.1. The van der Waals surface area contributed by atoms with E-state index in [1.165, 1.54) is 109 Å². The van der Waals surface area contributed by atoms with Gasteiger partial charge in [0.1, 0.15) is 91.5 Å². The van der Waals surface area contributed by atoms with E-state index in [1.54, 1.807) is 6.08 Å². The van der Waals surface area contributed by atoms with Crippen LogP contribution < -0.4 is 16.0 Å². The molecule has 0 aliphatic carbocycles. The van der Waals surface area contributed by atoms with Gasteiger partial charge in [0.2, 0.25) is 17.7 Å². The molecule has 0 spiro atoms. The number of rotatable bonds is 49. The number of allylic oxidation sites excluding steroid dienone is 1. The second-order valence-electron chi connectivity index (χ2n) is 26.5. The van der Waals surface area contributed by atoms with Crippen molar-refractivity contribution < 1.29 is 129 Å². The van der Waals surface area contributed by atoms with Crippen LogP contribution in [-0.4, -0.2) is 269 Å². The topological polar surface area (TPSA) is 461 Å². The zero-order valence-corrected chi connectivity index (χ0v) is 57.1. The van der Waals surface area contributed by atoms with Crippen LogP contribution in [0.15, 0.2) is 12.2 Å². The Hall–Kier alpha value is -3.22. The van der Waals surface area contributed by atoms with Crippen LogP contribution in [0.3, 0.4) is 0 Å². The summed E-state index contributed by atoms with van der Waals surface area (Å²) in [5, 5.41) is 163. The van der Waals surface area contributed by atoms with E-state index in [9.17, 15) is 90.7 Å². The van der Waals surface area contributed by atoms with Gasteiger partial charge in [-0.05, 0) is 19.3 Å². The molecule has 4 rings (SSSR count). The fourth-order valence-electron chi connectivity index (χ4n) is 12.8. The molecule has 4 aliphatic heterocycles. The lowest BCUT2D eigenvalue weighted by molar-refractivity contribution is -0.401. The summed E-state index contributed by atoms with van der Waals surface area (Å²) in [4.78, 5) is 51.9. The quantitative estimate of drug-likeness (QED) is 0.0300. The summed E-state index contributed by atoms with van der Waals surface area (Å²) in [6.07, 6.45) is -4.64. The van der Waals surface area contributed by atoms with Gasteiger partial charge in [0.25, 0.3) is 5.79 Å². The smallest absolute Gasteiger partial charge is 0.364 e. The monoisotopic (exact) mass is 1380 g/mol. The number of aliphatic hydroxyl groups excluding tert-OH is 13. The van der Waals surface area contributed by atoms with Crippen molar-refractivity contribution in [2.45, 2.75) is 354 Å². The Morgan fingerprint density at radius 2 is 1.01 bits per heavy atom. The van der Waals surface area contributed by atoms with E-state index in [-0.39, 0.29) is 12.3 Å². The van der Waals surface area contributed by atoms with Crippen LogP contribution >= 0.6 is 0 Å². The molecule has 3 amide bonds. The molecule has 0 saturated carbocycles. The van der Waals surface area contributed by atoms with Crippen LogP contribution in [0.1, 0.15) is 214 Å². The molecule has 4 aliphatic rings. The van der Waals surface area contributed by atoms with Crippen LogP contribution in [0.25, 0.3) is 0 Å². The van der Waals surface area contributed by atoms with Crippen molar-refractivity contribution in [3.05, 3.63) is 12.2 Å². The molecule has 4 fully saturated rings. The molecule has 0 radical (unpaired) electrons. The molecule has 560 valence electrons. The molecule has 29 nitrogen and oxygen atoms in total. The van der Waals surface area contributed by atoms with Crippen molar-refractivity contribution >= 4 is 23.7 Å². The highest BCUT2D eigenvalue weighted by Crippen LogP contribution is 2.40. The molecule has 9 unspecified atom stereocenters. The second kappa shape index (κ2) is 46.3. The zero-order valence-electron chi connectivity index (χ0n) is 57.1. The van der Waals surface area contributed by atoms with E-state index in [0.29, 0.717) is 12.8 Å². The normalized spacial score (nSPS) is 32.3. The van der Waals surface area contributed by atoms with E-state index < -0.39 is 198 Å². The number of carboxylic acid groups (broad SMARTS) is 1. The van der Waals surface area contributed by atoms with Gasteiger partial charge in [0.05, 0.1) is 57.3 Å². The van der Waals surface area contributed by atoms with Gasteiger partial charge in [0, 0.05) is 26.7 Å². The number of aliphatic hydroxyl groups is 13. The fraction of sp³-hybridized carbons (Fsp3) is 0.910. The molecule has 29 heteroatoms. The van der Waals surface area contributed by atoms with Crippen LogP contribution in [-0.2, 0) is 57.1 Å². The average Bonchev–Trinajstić information content (AvgIpc) is 0.761. The van der Waals surface area contributed by atoms with E-state index in [4.69, 9.17) is 37.9 Å². The van der Waals surface area contributed by atoms with Crippen molar-refractivity contribution in [3.63, 3.8) is 0 Å². The van der Waals surface area contributed by atoms with Crippen LogP contribution in [0, 0.1) is 0 Å². The summed E-state index contributed by atoms with van der Waals surface area (Å²) in [7, 11) is 0. The SMILES string of the molecule is CCCCCCCCCCCCC/C=C/[C@@H](O)[C@H](CO[C@@H]1OC(CO)[C@@H](O[C@@H]2OC(CO)[C@H](O[C@@H]3OC(CO)[C@H](O)[C@H](O)C3NC(C)=O)[C@H](O[C@]3(C(=O)O)CC(O)[C@@H](NC(C)=O)C(C(O)[C@H](O)CO)O3)C2O)[C@H](O)C1O)NC(=O)CCCCCCCCCCCCCCCCC. The third-order valence-corrected chi connectivity index (χ3v) is 18.5. The summed E-state index contributed by atoms with van der Waals surface area (Å²) in [5.41, 5.74) is 0. The van der Waals surface area contributed by atoms with Crippen molar-refractivity contribution in [3.8, 4) is 0 Å². The molecule has 0 aromatic heterocycles. The molecular weight excluding hydrogens is 1260 g/mol. The van der Waals surface area contributed by atoms with E-state index >= 15 is 0 Å². The van der Waals surface area contributed by atoms with Gasteiger partial charge in [-0.3, -0.25) is 14.4 Å². The maximum absolute atomic E-state index is 13.6. The van der Waals surface area contributed by atoms with Gasteiger partial charge in [0.15, 0.2) is 18.9 Å². The lowest BCUT2D eigenvalue weighted by Gasteiger charge is -2.52. The summed E-state index contributed by atoms with van der Waals surface area (Å²) in [6.45, 7) is 1.73. The van der Waals surface area contributed by atoms with Gasteiger partial charge in [-0.25, -0.2) is 4.79 Å². The molecule has 0 bridgehead atoms. The first-order valence-corrected chi connectivity index (χ1v) is 35.6. The summed E-state index contributed by atoms with van der Waals surface area (Å²) >= 11 is 0. The number of nitrogens with one attached hydrogen (secondary N) is 3. The molecule has 23 atom stereocenters. The Balaban J connectivity index is 1.54. The lowest BCUT2D eigenvalue weighted by Crippen LogP contribution is -2.72.